The van der Waals surface area contributed by atoms with Gasteiger partial charge < -0.3 is 14.5 Å². The highest BCUT2D eigenvalue weighted by atomic mass is 16.5. The van der Waals surface area contributed by atoms with Crippen LogP contribution in [0.2, 0.25) is 0 Å². The molecule has 2 unspecified atom stereocenters. The highest BCUT2D eigenvalue weighted by Gasteiger charge is 2.27. The van der Waals surface area contributed by atoms with Crippen molar-refractivity contribution < 1.29 is 9.15 Å². The molecule has 1 N–H and O–H groups in total. The molecule has 0 aliphatic carbocycles. The Bertz CT molecular complexity index is 269. The first kappa shape index (κ1) is 13.3. The molecule has 2 atom stereocenters. The third kappa shape index (κ3) is 3.35. The lowest BCUT2D eigenvalue weighted by Crippen LogP contribution is -2.36. The summed E-state index contributed by atoms with van der Waals surface area (Å²) in [5.74, 6) is 1.40. The molecule has 3 heteroatoms. The zero-order valence-electron chi connectivity index (χ0n) is 10.7. The Morgan fingerprint density at radius 2 is 2.19 bits per heavy atom. The van der Waals surface area contributed by atoms with Crippen molar-refractivity contribution in [2.75, 3.05) is 13.7 Å². The molecule has 0 radical (unpaired) electrons. The van der Waals surface area contributed by atoms with Gasteiger partial charge in [0.1, 0.15) is 5.76 Å². The summed E-state index contributed by atoms with van der Waals surface area (Å²) in [6.07, 6.45) is 2.95. The van der Waals surface area contributed by atoms with Crippen molar-refractivity contribution in [2.45, 2.75) is 39.3 Å². The molecule has 0 bridgehead atoms. The van der Waals surface area contributed by atoms with Crippen LogP contribution in [0.25, 0.3) is 0 Å². The van der Waals surface area contributed by atoms with E-state index < -0.39 is 0 Å². The van der Waals surface area contributed by atoms with E-state index in [0.29, 0.717) is 5.92 Å². The Morgan fingerprint density at radius 1 is 1.44 bits per heavy atom. The van der Waals surface area contributed by atoms with Crippen molar-refractivity contribution in [3.05, 3.63) is 24.2 Å². The quantitative estimate of drug-likeness (QED) is 0.774. The van der Waals surface area contributed by atoms with Gasteiger partial charge in [-0.25, -0.2) is 0 Å². The summed E-state index contributed by atoms with van der Waals surface area (Å²) in [5, 5.41) is 3.49. The molecule has 1 aromatic rings. The molecule has 0 amide bonds. The number of methoxy groups -OCH3 is 1. The molecular weight excluding hydrogens is 202 g/mol. The van der Waals surface area contributed by atoms with E-state index in [1.54, 1.807) is 13.4 Å². The number of furan rings is 1. The van der Waals surface area contributed by atoms with E-state index in [4.69, 9.17) is 9.15 Å². The molecule has 0 saturated heterocycles. The highest BCUT2D eigenvalue weighted by Crippen LogP contribution is 2.24. The molecule has 0 aromatic carbocycles. The maximum Gasteiger partial charge on any atom is 0.123 e. The predicted octanol–water partition coefficient (Wildman–Crippen LogP) is 2.99. The molecule has 1 rings (SSSR count). The first-order valence-corrected chi connectivity index (χ1v) is 6.00. The van der Waals surface area contributed by atoms with Crippen LogP contribution in [0.4, 0.5) is 0 Å². The zero-order chi connectivity index (χ0) is 12.0. The molecule has 92 valence electrons. The molecule has 0 spiro atoms. The van der Waals surface area contributed by atoms with E-state index >= 15 is 0 Å². The van der Waals surface area contributed by atoms with Crippen LogP contribution in [0.15, 0.2) is 22.8 Å². The maximum atomic E-state index is 5.57. The van der Waals surface area contributed by atoms with Crippen molar-refractivity contribution in [1.29, 1.82) is 0 Å². The summed E-state index contributed by atoms with van der Waals surface area (Å²) in [6, 6.07) is 4.06. The lowest BCUT2D eigenvalue weighted by molar-refractivity contribution is 0.0265. The Balaban J connectivity index is 2.77. The minimum absolute atomic E-state index is 0.137. The summed E-state index contributed by atoms with van der Waals surface area (Å²) >= 11 is 0. The van der Waals surface area contributed by atoms with E-state index in [9.17, 15) is 0 Å². The number of hydrogen-bond donors (Lipinski definition) is 1. The summed E-state index contributed by atoms with van der Waals surface area (Å²) in [5.41, 5.74) is 0. The molecule has 16 heavy (non-hydrogen) atoms. The van der Waals surface area contributed by atoms with Gasteiger partial charge in [-0.1, -0.05) is 20.8 Å². The minimum Gasteiger partial charge on any atom is -0.468 e. The fraction of sp³-hybridized carbons (Fsp3) is 0.692. The Kier molecular flexibility index (Phi) is 5.56. The van der Waals surface area contributed by atoms with Gasteiger partial charge in [0, 0.05) is 7.11 Å². The van der Waals surface area contributed by atoms with Crippen molar-refractivity contribution in [3.63, 3.8) is 0 Å². The van der Waals surface area contributed by atoms with Crippen molar-refractivity contribution in [2.24, 2.45) is 5.92 Å². The lowest BCUT2D eigenvalue weighted by Gasteiger charge is -2.28. The first-order valence-electron chi connectivity index (χ1n) is 6.00. The van der Waals surface area contributed by atoms with Crippen molar-refractivity contribution in [1.82, 2.24) is 5.32 Å². The standard InChI is InChI=1S/C13H23NO2/c1-5-8-14-12(11-7-6-9-16-11)13(15-4)10(2)3/h6-7,9-10,12-14H,5,8H2,1-4H3. The van der Waals surface area contributed by atoms with E-state index in [-0.39, 0.29) is 12.1 Å². The summed E-state index contributed by atoms with van der Waals surface area (Å²) in [7, 11) is 1.76. The normalized spacial score (nSPS) is 15.3. The number of nitrogens with one attached hydrogen (secondary N) is 1. The maximum absolute atomic E-state index is 5.57. The molecule has 0 aliphatic heterocycles. The number of rotatable bonds is 7. The van der Waals surface area contributed by atoms with Crippen LogP contribution in [0, 0.1) is 5.92 Å². The second-order valence-electron chi connectivity index (χ2n) is 4.39. The molecule has 1 aromatic heterocycles. The molecule has 1 heterocycles. The van der Waals surface area contributed by atoms with Gasteiger partial charge in [-0.2, -0.15) is 0 Å². The Morgan fingerprint density at radius 3 is 2.62 bits per heavy atom. The van der Waals surface area contributed by atoms with Crippen molar-refractivity contribution in [3.8, 4) is 0 Å². The van der Waals surface area contributed by atoms with E-state index in [1.165, 1.54) is 0 Å². The summed E-state index contributed by atoms with van der Waals surface area (Å²) < 4.78 is 11.1. The number of hydrogen-bond acceptors (Lipinski definition) is 3. The topological polar surface area (TPSA) is 34.4 Å². The average Bonchev–Trinajstić information content (AvgIpc) is 2.76. The van der Waals surface area contributed by atoms with E-state index in [2.05, 4.69) is 26.1 Å². The fourth-order valence-electron chi connectivity index (χ4n) is 1.94. The van der Waals surface area contributed by atoms with Crippen LogP contribution in [-0.2, 0) is 4.74 Å². The molecule has 0 fully saturated rings. The minimum atomic E-state index is 0.137. The third-order valence-corrected chi connectivity index (χ3v) is 2.72. The SMILES string of the molecule is CCCNC(c1ccco1)C(OC)C(C)C. The fourth-order valence-corrected chi connectivity index (χ4v) is 1.94. The van der Waals surface area contributed by atoms with Gasteiger partial charge in [-0.05, 0) is 31.0 Å². The van der Waals surface area contributed by atoms with Gasteiger partial charge in [-0.15, -0.1) is 0 Å². The summed E-state index contributed by atoms with van der Waals surface area (Å²) in [6.45, 7) is 7.46. The van der Waals surface area contributed by atoms with Crippen LogP contribution < -0.4 is 5.32 Å². The third-order valence-electron chi connectivity index (χ3n) is 2.72. The highest BCUT2D eigenvalue weighted by molar-refractivity contribution is 5.07. The van der Waals surface area contributed by atoms with Gasteiger partial charge in [0.25, 0.3) is 0 Å². The largest absolute Gasteiger partial charge is 0.468 e. The van der Waals surface area contributed by atoms with E-state index in [0.717, 1.165) is 18.7 Å². The van der Waals surface area contributed by atoms with Crippen molar-refractivity contribution >= 4 is 0 Å². The Labute approximate surface area is 98.2 Å². The molecule has 3 nitrogen and oxygen atoms in total. The second kappa shape index (κ2) is 6.71. The molecule has 0 aliphatic rings. The van der Waals surface area contributed by atoms with Gasteiger partial charge in [0.05, 0.1) is 18.4 Å². The van der Waals surface area contributed by atoms with E-state index in [1.807, 2.05) is 12.1 Å². The van der Waals surface area contributed by atoms with Gasteiger partial charge in [0.2, 0.25) is 0 Å². The average molecular weight is 225 g/mol. The van der Waals surface area contributed by atoms with Crippen LogP contribution in [-0.4, -0.2) is 19.8 Å². The van der Waals surface area contributed by atoms with Crippen LogP contribution in [0.3, 0.4) is 0 Å². The van der Waals surface area contributed by atoms with Gasteiger partial charge >= 0.3 is 0 Å². The predicted molar refractivity (Wildman–Crippen MR) is 65.4 cm³/mol. The second-order valence-corrected chi connectivity index (χ2v) is 4.39. The molecule has 0 saturated carbocycles. The zero-order valence-corrected chi connectivity index (χ0v) is 10.7. The monoisotopic (exact) mass is 225 g/mol. The van der Waals surface area contributed by atoms with Crippen LogP contribution >= 0.6 is 0 Å². The van der Waals surface area contributed by atoms with Gasteiger partial charge in [0.15, 0.2) is 0 Å². The van der Waals surface area contributed by atoms with Crippen LogP contribution in [0.1, 0.15) is 39.0 Å². The molecular formula is C13H23NO2. The number of ether oxygens (including phenoxy) is 1. The smallest absolute Gasteiger partial charge is 0.123 e. The summed E-state index contributed by atoms with van der Waals surface area (Å²) in [4.78, 5) is 0. The first-order chi connectivity index (χ1) is 7.70. The Hall–Kier alpha value is -0.800. The van der Waals surface area contributed by atoms with Gasteiger partial charge in [-0.3, -0.25) is 0 Å². The van der Waals surface area contributed by atoms with Crippen LogP contribution in [0.5, 0.6) is 0 Å². The lowest BCUT2D eigenvalue weighted by atomic mass is 9.97.